The van der Waals surface area contributed by atoms with Gasteiger partial charge in [0.15, 0.2) is 11.4 Å². The van der Waals surface area contributed by atoms with Gasteiger partial charge in [0.2, 0.25) is 0 Å². The van der Waals surface area contributed by atoms with E-state index >= 15 is 0 Å². The van der Waals surface area contributed by atoms with E-state index in [0.29, 0.717) is 31.6 Å². The summed E-state index contributed by atoms with van der Waals surface area (Å²) in [6.07, 6.45) is 10.6. The Balaban J connectivity index is 1.52. The maximum Gasteiger partial charge on any atom is 0.272 e. The van der Waals surface area contributed by atoms with Crippen LogP contribution in [0.2, 0.25) is 0 Å². The molecule has 0 aromatic carbocycles. The van der Waals surface area contributed by atoms with Gasteiger partial charge in [-0.1, -0.05) is 0 Å². The van der Waals surface area contributed by atoms with Crippen LogP contribution in [0.3, 0.4) is 0 Å². The van der Waals surface area contributed by atoms with Gasteiger partial charge in [-0.25, -0.2) is 0 Å². The summed E-state index contributed by atoms with van der Waals surface area (Å²) in [6.45, 7) is 3.05. The highest BCUT2D eigenvalue weighted by atomic mass is 16.5. The molecule has 1 fully saturated rings. The van der Waals surface area contributed by atoms with E-state index < -0.39 is 0 Å². The molecule has 2 aliphatic heterocycles. The molecule has 2 aliphatic rings. The van der Waals surface area contributed by atoms with Gasteiger partial charge in [0.05, 0.1) is 6.10 Å². The van der Waals surface area contributed by atoms with E-state index in [1.807, 2.05) is 13.2 Å². The first-order valence-electron chi connectivity index (χ1n) is 8.98. The predicted octanol–water partition coefficient (Wildman–Crippen LogP) is 1.34. The summed E-state index contributed by atoms with van der Waals surface area (Å²) in [5.41, 5.74) is 1.04. The Morgan fingerprint density at radius 1 is 1.50 bits per heavy atom. The molecular formula is C18H26N6O2. The molecule has 26 heavy (non-hydrogen) atoms. The Hall–Kier alpha value is -2.24. The number of carbonyl (C=O) groups is 1. The van der Waals surface area contributed by atoms with Crippen LogP contribution in [0.4, 0.5) is 0 Å². The number of likely N-dealkylation sites (tertiary alicyclic amines) is 1. The third-order valence-electron chi connectivity index (χ3n) is 4.94. The maximum absolute atomic E-state index is 12.6. The molecule has 0 saturated carbocycles. The lowest BCUT2D eigenvalue weighted by Gasteiger charge is -2.15. The number of hydrogen-bond donors (Lipinski definition) is 1. The van der Waals surface area contributed by atoms with Crippen molar-refractivity contribution in [2.24, 2.45) is 17.3 Å². The van der Waals surface area contributed by atoms with E-state index in [1.165, 1.54) is 0 Å². The van der Waals surface area contributed by atoms with E-state index in [4.69, 9.17) is 11.2 Å². The maximum atomic E-state index is 12.6. The zero-order chi connectivity index (χ0) is 18.6. The van der Waals surface area contributed by atoms with Crippen molar-refractivity contribution in [2.45, 2.75) is 44.0 Å². The van der Waals surface area contributed by atoms with Crippen molar-refractivity contribution in [1.82, 2.24) is 20.0 Å². The number of aryl methyl sites for hydroxylation is 1. The smallest absolute Gasteiger partial charge is 0.272 e. The van der Waals surface area contributed by atoms with Crippen LogP contribution in [-0.2, 0) is 18.3 Å². The minimum atomic E-state index is -0.378. The molecule has 1 saturated heterocycles. The van der Waals surface area contributed by atoms with E-state index in [0.717, 1.165) is 31.5 Å². The molecular weight excluding hydrogens is 332 g/mol. The molecule has 140 valence electrons. The van der Waals surface area contributed by atoms with Crippen LogP contribution in [0.1, 0.15) is 41.7 Å². The third-order valence-corrected chi connectivity index (χ3v) is 4.94. The summed E-state index contributed by atoms with van der Waals surface area (Å²) >= 11 is 0. The van der Waals surface area contributed by atoms with Crippen molar-refractivity contribution in [3.8, 4) is 12.3 Å². The van der Waals surface area contributed by atoms with Crippen molar-refractivity contribution < 1.29 is 9.53 Å². The average molecular weight is 358 g/mol. The summed E-state index contributed by atoms with van der Waals surface area (Å²) < 4.78 is 7.10. The molecule has 8 heteroatoms. The molecule has 1 N–H and O–H groups in total. The topological polar surface area (TPSA) is 84.1 Å². The Kier molecular flexibility index (Phi) is 5.69. The Morgan fingerprint density at radius 2 is 2.31 bits per heavy atom. The summed E-state index contributed by atoms with van der Waals surface area (Å²) in [5, 5.41) is 15.5. The van der Waals surface area contributed by atoms with Crippen molar-refractivity contribution in [1.29, 1.82) is 0 Å². The molecule has 0 aliphatic carbocycles. The first-order chi connectivity index (χ1) is 12.5. The highest BCUT2D eigenvalue weighted by Gasteiger charge is 2.38. The van der Waals surface area contributed by atoms with E-state index in [2.05, 4.69) is 31.5 Å². The fraction of sp³-hybridized carbons (Fsp3) is 0.667. The van der Waals surface area contributed by atoms with Gasteiger partial charge >= 0.3 is 0 Å². The number of aromatic nitrogens is 2. The molecule has 1 atom stereocenters. The molecule has 0 bridgehead atoms. The molecule has 1 aromatic rings. The SMILES string of the molecule is C#CCCC1(CCNC(=O)c2nn(C)cc2CN2CCC(OC)C2)N=N1. The standard InChI is InChI=1S/C18H26N6O2/c1-4-5-7-18(21-22-18)8-9-19-17(25)16-14(11-23(2)20-16)12-24-10-6-15(13-24)26-3/h1,11,15H,5-10,12-13H2,2-3H3,(H,19,25). The van der Waals surface area contributed by atoms with Gasteiger partial charge in [0.25, 0.3) is 5.91 Å². The number of terminal acetylenes is 1. The summed E-state index contributed by atoms with van der Waals surface area (Å²) in [5.74, 6) is 2.45. The second-order valence-corrected chi connectivity index (χ2v) is 6.95. The second kappa shape index (κ2) is 7.98. The van der Waals surface area contributed by atoms with Crippen LogP contribution in [-0.4, -0.2) is 59.1 Å². The molecule has 0 radical (unpaired) electrons. The zero-order valence-corrected chi connectivity index (χ0v) is 15.4. The van der Waals surface area contributed by atoms with Crippen molar-refractivity contribution >= 4 is 5.91 Å². The van der Waals surface area contributed by atoms with Gasteiger partial charge in [0.1, 0.15) is 0 Å². The fourth-order valence-corrected chi connectivity index (χ4v) is 3.35. The number of methoxy groups -OCH3 is 1. The van der Waals surface area contributed by atoms with Gasteiger partial charge in [-0.15, -0.1) is 12.3 Å². The quantitative estimate of drug-likeness (QED) is 0.675. The minimum Gasteiger partial charge on any atom is -0.380 e. The normalized spacial score (nSPS) is 20.9. The van der Waals surface area contributed by atoms with Gasteiger partial charge in [-0.2, -0.15) is 15.3 Å². The van der Waals surface area contributed by atoms with Crippen LogP contribution in [0.15, 0.2) is 16.4 Å². The lowest BCUT2D eigenvalue weighted by molar-refractivity contribution is 0.0943. The van der Waals surface area contributed by atoms with Gasteiger partial charge < -0.3 is 10.1 Å². The van der Waals surface area contributed by atoms with E-state index in [1.54, 1.807) is 11.8 Å². The van der Waals surface area contributed by atoms with Gasteiger partial charge in [0, 0.05) is 71.4 Å². The van der Waals surface area contributed by atoms with E-state index in [-0.39, 0.29) is 17.7 Å². The number of nitrogens with zero attached hydrogens (tertiary/aromatic N) is 5. The third kappa shape index (κ3) is 4.48. The molecule has 1 amide bonds. The van der Waals surface area contributed by atoms with Crippen LogP contribution < -0.4 is 5.32 Å². The van der Waals surface area contributed by atoms with Gasteiger partial charge in [-0.05, 0) is 6.42 Å². The van der Waals surface area contributed by atoms with Crippen molar-refractivity contribution in [2.75, 3.05) is 26.7 Å². The molecule has 3 rings (SSSR count). The molecule has 8 nitrogen and oxygen atoms in total. The predicted molar refractivity (Wildman–Crippen MR) is 96.5 cm³/mol. The van der Waals surface area contributed by atoms with Gasteiger partial charge in [-0.3, -0.25) is 14.4 Å². The van der Waals surface area contributed by atoms with Crippen LogP contribution >= 0.6 is 0 Å². The van der Waals surface area contributed by atoms with Crippen LogP contribution in [0, 0.1) is 12.3 Å². The zero-order valence-electron chi connectivity index (χ0n) is 15.4. The minimum absolute atomic E-state index is 0.157. The first-order valence-corrected chi connectivity index (χ1v) is 8.98. The molecule has 1 aromatic heterocycles. The highest BCUT2D eigenvalue weighted by molar-refractivity contribution is 5.93. The number of hydrogen-bond acceptors (Lipinski definition) is 6. The van der Waals surface area contributed by atoms with Crippen LogP contribution in [0.5, 0.6) is 0 Å². The Morgan fingerprint density at radius 3 is 2.96 bits per heavy atom. The van der Waals surface area contributed by atoms with E-state index in [9.17, 15) is 4.79 Å². The molecule has 1 unspecified atom stereocenters. The lowest BCUT2D eigenvalue weighted by Crippen LogP contribution is -2.30. The average Bonchev–Trinajstić information content (AvgIpc) is 3.07. The fourth-order valence-electron chi connectivity index (χ4n) is 3.35. The first kappa shape index (κ1) is 18.5. The molecule has 3 heterocycles. The number of nitrogens with one attached hydrogen (secondary N) is 1. The highest BCUT2D eigenvalue weighted by Crippen LogP contribution is 2.36. The Bertz CT molecular complexity index is 714. The summed E-state index contributed by atoms with van der Waals surface area (Å²) in [4.78, 5) is 14.9. The number of ether oxygens (including phenoxy) is 1. The number of rotatable bonds is 9. The summed E-state index contributed by atoms with van der Waals surface area (Å²) in [6, 6.07) is 0. The Labute approximate surface area is 154 Å². The number of amides is 1. The second-order valence-electron chi connectivity index (χ2n) is 6.95. The monoisotopic (exact) mass is 358 g/mol. The van der Waals surface area contributed by atoms with Crippen LogP contribution in [0.25, 0.3) is 0 Å². The lowest BCUT2D eigenvalue weighted by atomic mass is 10.0. The summed E-state index contributed by atoms with van der Waals surface area (Å²) in [7, 11) is 3.57. The van der Waals surface area contributed by atoms with Crippen molar-refractivity contribution in [3.63, 3.8) is 0 Å². The number of carbonyl (C=O) groups excluding carboxylic acids is 1. The largest absolute Gasteiger partial charge is 0.380 e. The van der Waals surface area contributed by atoms with Crippen molar-refractivity contribution in [3.05, 3.63) is 17.5 Å². The molecule has 0 spiro atoms.